The first kappa shape index (κ1) is 14.5. The molecule has 0 heterocycles. The highest BCUT2D eigenvalue weighted by Crippen LogP contribution is 2.20. The van der Waals surface area contributed by atoms with Gasteiger partial charge in [-0.2, -0.15) is 0 Å². The maximum Gasteiger partial charge on any atom is 0.239 e. The predicted molar refractivity (Wildman–Crippen MR) is 68.7 cm³/mol. The maximum absolute atomic E-state index is 11.5. The van der Waals surface area contributed by atoms with E-state index in [1.54, 1.807) is 13.8 Å². The van der Waals surface area contributed by atoms with Gasteiger partial charge in [-0.15, -0.1) is 0 Å². The van der Waals surface area contributed by atoms with Crippen LogP contribution in [-0.2, 0) is 9.53 Å². The highest BCUT2D eigenvalue weighted by atomic mass is 16.5. The fraction of sp³-hybridized carbons (Fsp3) is 0.923. The van der Waals surface area contributed by atoms with Gasteiger partial charge in [0, 0.05) is 13.2 Å². The van der Waals surface area contributed by atoms with Crippen molar-refractivity contribution in [3.63, 3.8) is 0 Å². The molecule has 0 aromatic rings. The number of ether oxygens (including phenoxy) is 1. The minimum Gasteiger partial charge on any atom is -0.378 e. The van der Waals surface area contributed by atoms with Crippen LogP contribution in [0.5, 0.6) is 0 Å². The number of nitrogens with one attached hydrogen (secondary N) is 1. The van der Waals surface area contributed by atoms with Crippen molar-refractivity contribution in [3.05, 3.63) is 0 Å². The Balaban J connectivity index is 1.99. The van der Waals surface area contributed by atoms with Crippen molar-refractivity contribution in [1.82, 2.24) is 5.32 Å². The fourth-order valence-corrected chi connectivity index (χ4v) is 1.98. The molecule has 1 rings (SSSR count). The lowest BCUT2D eigenvalue weighted by atomic mass is 9.98. The molecule has 4 nitrogen and oxygen atoms in total. The van der Waals surface area contributed by atoms with E-state index in [9.17, 15) is 4.79 Å². The smallest absolute Gasteiger partial charge is 0.239 e. The molecule has 3 N–H and O–H groups in total. The van der Waals surface area contributed by atoms with E-state index in [0.29, 0.717) is 12.6 Å². The zero-order valence-electron chi connectivity index (χ0n) is 11.1. The van der Waals surface area contributed by atoms with Crippen molar-refractivity contribution in [3.8, 4) is 0 Å². The number of carbonyl (C=O) groups is 1. The van der Waals surface area contributed by atoms with Crippen LogP contribution in [-0.4, -0.2) is 30.7 Å². The van der Waals surface area contributed by atoms with E-state index in [2.05, 4.69) is 5.32 Å². The molecular formula is C13H26N2O2. The monoisotopic (exact) mass is 242 g/mol. The Bertz CT molecular complexity index is 230. The van der Waals surface area contributed by atoms with Gasteiger partial charge in [-0.3, -0.25) is 4.79 Å². The summed E-state index contributed by atoms with van der Waals surface area (Å²) in [6, 6.07) is 0. The highest BCUT2D eigenvalue weighted by Gasteiger charge is 2.20. The van der Waals surface area contributed by atoms with E-state index >= 15 is 0 Å². The van der Waals surface area contributed by atoms with Gasteiger partial charge in [0.2, 0.25) is 5.91 Å². The summed E-state index contributed by atoms with van der Waals surface area (Å²) in [4.78, 5) is 11.5. The van der Waals surface area contributed by atoms with E-state index in [1.807, 2.05) is 0 Å². The molecule has 1 aliphatic carbocycles. The summed E-state index contributed by atoms with van der Waals surface area (Å²) in [5, 5.41) is 2.82. The van der Waals surface area contributed by atoms with Crippen LogP contribution in [0.15, 0.2) is 0 Å². The first-order chi connectivity index (χ1) is 8.00. The molecule has 17 heavy (non-hydrogen) atoms. The van der Waals surface area contributed by atoms with Crippen molar-refractivity contribution in [1.29, 1.82) is 0 Å². The zero-order chi connectivity index (χ0) is 12.7. The van der Waals surface area contributed by atoms with Gasteiger partial charge >= 0.3 is 0 Å². The summed E-state index contributed by atoms with van der Waals surface area (Å²) in [6.45, 7) is 4.80. The van der Waals surface area contributed by atoms with E-state index in [4.69, 9.17) is 10.5 Å². The van der Waals surface area contributed by atoms with Crippen LogP contribution in [0.4, 0.5) is 0 Å². The van der Waals surface area contributed by atoms with Crippen LogP contribution in [0.2, 0.25) is 0 Å². The fourth-order valence-electron chi connectivity index (χ4n) is 1.98. The molecule has 4 heteroatoms. The van der Waals surface area contributed by atoms with Gasteiger partial charge in [0.1, 0.15) is 0 Å². The van der Waals surface area contributed by atoms with Crippen molar-refractivity contribution < 1.29 is 9.53 Å². The second-order valence-corrected chi connectivity index (χ2v) is 5.46. The van der Waals surface area contributed by atoms with Gasteiger partial charge in [-0.25, -0.2) is 0 Å². The second kappa shape index (κ2) is 6.97. The first-order valence-electron chi connectivity index (χ1n) is 6.69. The van der Waals surface area contributed by atoms with Crippen LogP contribution in [0.25, 0.3) is 0 Å². The lowest BCUT2D eigenvalue weighted by molar-refractivity contribution is -0.125. The summed E-state index contributed by atoms with van der Waals surface area (Å²) in [7, 11) is 0. The molecule has 0 aliphatic heterocycles. The molecule has 1 amide bonds. The van der Waals surface area contributed by atoms with E-state index in [1.165, 1.54) is 32.1 Å². The van der Waals surface area contributed by atoms with Crippen LogP contribution < -0.4 is 11.1 Å². The molecule has 0 aromatic heterocycles. The molecule has 0 bridgehead atoms. The van der Waals surface area contributed by atoms with Gasteiger partial charge in [-0.1, -0.05) is 19.3 Å². The van der Waals surface area contributed by atoms with Crippen molar-refractivity contribution in [2.24, 2.45) is 5.73 Å². The lowest BCUT2D eigenvalue weighted by Crippen LogP contribution is -2.49. The standard InChI is InChI=1S/C13H26N2O2/c1-13(2,14)12(16)15-9-6-10-17-11-7-4-3-5-8-11/h11H,3-10,14H2,1-2H3,(H,15,16). The summed E-state index contributed by atoms with van der Waals surface area (Å²) in [6.07, 6.45) is 7.64. The van der Waals surface area contributed by atoms with Crippen LogP contribution >= 0.6 is 0 Å². The SMILES string of the molecule is CC(C)(N)C(=O)NCCCOC1CCCCC1. The van der Waals surface area contributed by atoms with Crippen molar-refractivity contribution in [2.75, 3.05) is 13.2 Å². The molecule has 100 valence electrons. The third-order valence-electron chi connectivity index (χ3n) is 3.10. The average Bonchev–Trinajstić information content (AvgIpc) is 2.28. The van der Waals surface area contributed by atoms with Gasteiger partial charge in [0.05, 0.1) is 11.6 Å². The maximum atomic E-state index is 11.5. The Hall–Kier alpha value is -0.610. The number of amides is 1. The van der Waals surface area contributed by atoms with Gasteiger partial charge in [0.15, 0.2) is 0 Å². The molecule has 0 aromatic carbocycles. The van der Waals surface area contributed by atoms with E-state index in [0.717, 1.165) is 13.0 Å². The molecule has 0 unspecified atom stereocenters. The second-order valence-electron chi connectivity index (χ2n) is 5.46. The van der Waals surface area contributed by atoms with Crippen molar-refractivity contribution >= 4 is 5.91 Å². The van der Waals surface area contributed by atoms with Crippen LogP contribution in [0, 0.1) is 0 Å². The average molecular weight is 242 g/mol. The summed E-state index contributed by atoms with van der Waals surface area (Å²) >= 11 is 0. The summed E-state index contributed by atoms with van der Waals surface area (Å²) in [5.41, 5.74) is 4.88. The number of rotatable bonds is 6. The molecule has 1 saturated carbocycles. The Labute approximate surface area is 104 Å². The summed E-state index contributed by atoms with van der Waals surface area (Å²) in [5.74, 6) is -0.102. The number of hydrogen-bond donors (Lipinski definition) is 2. The van der Waals surface area contributed by atoms with Gasteiger partial charge in [0.25, 0.3) is 0 Å². The molecule has 1 fully saturated rings. The Morgan fingerprint density at radius 3 is 2.59 bits per heavy atom. The van der Waals surface area contributed by atoms with Gasteiger partial charge < -0.3 is 15.8 Å². The van der Waals surface area contributed by atoms with Crippen LogP contribution in [0.3, 0.4) is 0 Å². The Morgan fingerprint density at radius 1 is 1.35 bits per heavy atom. The molecular weight excluding hydrogens is 216 g/mol. The largest absolute Gasteiger partial charge is 0.378 e. The zero-order valence-corrected chi connectivity index (χ0v) is 11.1. The molecule has 0 spiro atoms. The number of carbonyl (C=O) groups excluding carboxylic acids is 1. The minimum atomic E-state index is -0.787. The molecule has 0 saturated heterocycles. The quantitative estimate of drug-likeness (QED) is 0.695. The normalized spacial score (nSPS) is 18.1. The van der Waals surface area contributed by atoms with E-state index < -0.39 is 5.54 Å². The predicted octanol–water partition coefficient (Wildman–Crippen LogP) is 1.58. The third kappa shape index (κ3) is 6.03. The molecule has 0 atom stereocenters. The van der Waals surface area contributed by atoms with E-state index in [-0.39, 0.29) is 5.91 Å². The number of hydrogen-bond acceptors (Lipinski definition) is 3. The van der Waals surface area contributed by atoms with Crippen LogP contribution in [0.1, 0.15) is 52.4 Å². The number of nitrogens with two attached hydrogens (primary N) is 1. The molecule has 0 radical (unpaired) electrons. The highest BCUT2D eigenvalue weighted by molar-refractivity contribution is 5.84. The molecule has 1 aliphatic rings. The Morgan fingerprint density at radius 2 is 2.00 bits per heavy atom. The minimum absolute atomic E-state index is 0.102. The first-order valence-corrected chi connectivity index (χ1v) is 6.69. The summed E-state index contributed by atoms with van der Waals surface area (Å²) < 4.78 is 5.77. The van der Waals surface area contributed by atoms with Gasteiger partial charge in [-0.05, 0) is 33.1 Å². The Kier molecular flexibility index (Phi) is 5.92. The lowest BCUT2D eigenvalue weighted by Gasteiger charge is -2.22. The topological polar surface area (TPSA) is 64.4 Å². The third-order valence-corrected chi connectivity index (χ3v) is 3.10. The van der Waals surface area contributed by atoms with Crippen molar-refractivity contribution in [2.45, 2.75) is 64.0 Å².